The quantitative estimate of drug-likeness (QED) is 0.880. The van der Waals surface area contributed by atoms with E-state index in [0.717, 1.165) is 31.4 Å². The molecule has 0 radical (unpaired) electrons. The van der Waals surface area contributed by atoms with Crippen LogP contribution >= 0.6 is 15.9 Å². The van der Waals surface area contributed by atoms with Crippen LogP contribution in [0.2, 0.25) is 0 Å². The summed E-state index contributed by atoms with van der Waals surface area (Å²) >= 11 is 3.43. The maximum absolute atomic E-state index is 13.0. The molecule has 6 heteroatoms. The molecular formula is C15H23BrN2O2S. The van der Waals surface area contributed by atoms with Gasteiger partial charge in [-0.3, -0.25) is 0 Å². The molecule has 2 atom stereocenters. The van der Waals surface area contributed by atoms with Crippen molar-refractivity contribution in [3.05, 3.63) is 28.2 Å². The summed E-state index contributed by atoms with van der Waals surface area (Å²) in [4.78, 5) is 0.364. The highest BCUT2D eigenvalue weighted by Gasteiger charge is 2.36. The van der Waals surface area contributed by atoms with Gasteiger partial charge in [0.15, 0.2) is 0 Å². The van der Waals surface area contributed by atoms with Crippen molar-refractivity contribution in [2.45, 2.75) is 56.6 Å². The third kappa shape index (κ3) is 3.50. The fraction of sp³-hybridized carbons (Fsp3) is 0.600. The van der Waals surface area contributed by atoms with Crippen LogP contribution in [0, 0.1) is 0 Å². The van der Waals surface area contributed by atoms with Crippen LogP contribution in [0.3, 0.4) is 0 Å². The summed E-state index contributed by atoms with van der Waals surface area (Å²) in [6.45, 7) is 4.71. The van der Waals surface area contributed by atoms with Crippen LogP contribution in [0.4, 0.5) is 0 Å². The van der Waals surface area contributed by atoms with Crippen molar-refractivity contribution >= 4 is 26.0 Å². The molecule has 1 N–H and O–H groups in total. The van der Waals surface area contributed by atoms with Gasteiger partial charge in [0.2, 0.25) is 10.0 Å². The minimum absolute atomic E-state index is 0.0580. The second-order valence-corrected chi connectivity index (χ2v) is 8.42. The number of hydrogen-bond acceptors (Lipinski definition) is 3. The van der Waals surface area contributed by atoms with Gasteiger partial charge in [-0.25, -0.2) is 8.42 Å². The maximum Gasteiger partial charge on any atom is 0.244 e. The Balaban J connectivity index is 2.39. The number of halogens is 1. The first-order valence-corrected chi connectivity index (χ1v) is 9.57. The van der Waals surface area contributed by atoms with Gasteiger partial charge in [-0.15, -0.1) is 0 Å². The first-order valence-electron chi connectivity index (χ1n) is 7.34. The van der Waals surface area contributed by atoms with Gasteiger partial charge in [0.1, 0.15) is 0 Å². The minimum atomic E-state index is -3.46. The Hall–Kier alpha value is -0.430. The Kier molecular flexibility index (Phi) is 5.46. The molecule has 1 fully saturated rings. The molecule has 0 bridgehead atoms. The summed E-state index contributed by atoms with van der Waals surface area (Å²) in [5.41, 5.74) is 1.06. The zero-order valence-corrected chi connectivity index (χ0v) is 15.2. The summed E-state index contributed by atoms with van der Waals surface area (Å²) in [6, 6.07) is 5.57. The molecule has 1 heterocycles. The molecule has 1 aromatic carbocycles. The van der Waals surface area contributed by atoms with Crippen molar-refractivity contribution in [2.24, 2.45) is 0 Å². The van der Waals surface area contributed by atoms with Crippen molar-refractivity contribution < 1.29 is 8.42 Å². The van der Waals surface area contributed by atoms with E-state index >= 15 is 0 Å². The molecule has 0 aromatic heterocycles. The van der Waals surface area contributed by atoms with Gasteiger partial charge in [0.25, 0.3) is 0 Å². The number of rotatable bonds is 4. The van der Waals surface area contributed by atoms with E-state index in [1.165, 1.54) is 0 Å². The topological polar surface area (TPSA) is 49.4 Å². The Morgan fingerprint density at radius 2 is 1.90 bits per heavy atom. The molecule has 2 unspecified atom stereocenters. The van der Waals surface area contributed by atoms with Crippen LogP contribution in [0.25, 0.3) is 0 Å². The van der Waals surface area contributed by atoms with E-state index in [4.69, 9.17) is 0 Å². The fourth-order valence-electron chi connectivity index (χ4n) is 3.05. The third-order valence-electron chi connectivity index (χ3n) is 4.05. The van der Waals surface area contributed by atoms with Crippen LogP contribution in [-0.2, 0) is 16.6 Å². The van der Waals surface area contributed by atoms with E-state index in [0.29, 0.717) is 9.37 Å². The van der Waals surface area contributed by atoms with Gasteiger partial charge >= 0.3 is 0 Å². The van der Waals surface area contributed by atoms with Crippen LogP contribution in [0.1, 0.15) is 38.7 Å². The lowest BCUT2D eigenvalue weighted by atomic mass is 10.0. The number of hydrogen-bond donors (Lipinski definition) is 1. The Morgan fingerprint density at radius 1 is 1.29 bits per heavy atom. The SMILES string of the molecule is CNCc1ccc(S(=O)(=O)N2C(C)CCCC2C)c(Br)c1. The van der Waals surface area contributed by atoms with Crippen molar-refractivity contribution in [3.8, 4) is 0 Å². The standard InChI is InChI=1S/C15H23BrN2O2S/c1-11-5-4-6-12(2)18(11)21(19,20)15-8-7-13(10-17-3)9-14(15)16/h7-9,11-12,17H,4-6,10H2,1-3H3. The van der Waals surface area contributed by atoms with E-state index in [2.05, 4.69) is 21.2 Å². The molecule has 1 saturated heterocycles. The Morgan fingerprint density at radius 3 is 2.43 bits per heavy atom. The first kappa shape index (κ1) is 16.9. The average molecular weight is 375 g/mol. The number of nitrogens with zero attached hydrogens (tertiary/aromatic N) is 1. The predicted octanol–water partition coefficient (Wildman–Crippen LogP) is 3.12. The molecule has 0 aliphatic carbocycles. The van der Waals surface area contributed by atoms with Crippen LogP contribution in [0.5, 0.6) is 0 Å². The molecule has 0 spiro atoms. The molecule has 21 heavy (non-hydrogen) atoms. The normalized spacial score (nSPS) is 24.2. The first-order chi connectivity index (χ1) is 9.87. The van der Waals surface area contributed by atoms with E-state index in [1.807, 2.05) is 33.0 Å². The molecular weight excluding hydrogens is 352 g/mol. The van der Waals surface area contributed by atoms with Crippen molar-refractivity contribution in [1.82, 2.24) is 9.62 Å². The van der Waals surface area contributed by atoms with E-state index < -0.39 is 10.0 Å². The van der Waals surface area contributed by atoms with E-state index in [-0.39, 0.29) is 12.1 Å². The summed E-state index contributed by atoms with van der Waals surface area (Å²) in [6.07, 6.45) is 2.95. The fourth-order valence-corrected chi connectivity index (χ4v) is 6.02. The molecule has 0 saturated carbocycles. The van der Waals surface area contributed by atoms with E-state index in [1.54, 1.807) is 10.4 Å². The number of piperidine rings is 1. The van der Waals surface area contributed by atoms with Gasteiger partial charge in [0.05, 0.1) is 4.90 Å². The summed E-state index contributed by atoms with van der Waals surface area (Å²) in [5.74, 6) is 0. The van der Waals surface area contributed by atoms with Gasteiger partial charge in [0, 0.05) is 23.1 Å². The Labute approximate surface area is 136 Å². The molecule has 118 valence electrons. The highest BCUT2D eigenvalue weighted by Crippen LogP contribution is 2.33. The van der Waals surface area contributed by atoms with Gasteiger partial charge < -0.3 is 5.32 Å². The predicted molar refractivity (Wildman–Crippen MR) is 88.7 cm³/mol. The second-order valence-electron chi connectivity index (χ2n) is 5.76. The summed E-state index contributed by atoms with van der Waals surface area (Å²) in [7, 11) is -1.59. The summed E-state index contributed by atoms with van der Waals surface area (Å²) < 4.78 is 28.3. The van der Waals surface area contributed by atoms with Crippen molar-refractivity contribution in [1.29, 1.82) is 0 Å². The van der Waals surface area contributed by atoms with Gasteiger partial charge in [-0.1, -0.05) is 12.5 Å². The lowest BCUT2D eigenvalue weighted by Crippen LogP contribution is -2.47. The van der Waals surface area contributed by atoms with Crippen molar-refractivity contribution in [3.63, 3.8) is 0 Å². The zero-order valence-electron chi connectivity index (χ0n) is 12.8. The van der Waals surface area contributed by atoms with E-state index in [9.17, 15) is 8.42 Å². The van der Waals surface area contributed by atoms with Crippen LogP contribution in [-0.4, -0.2) is 31.9 Å². The lowest BCUT2D eigenvalue weighted by molar-refractivity contribution is 0.204. The zero-order chi connectivity index (χ0) is 15.6. The largest absolute Gasteiger partial charge is 0.316 e. The monoisotopic (exact) mass is 374 g/mol. The Bertz CT molecular complexity index is 594. The minimum Gasteiger partial charge on any atom is -0.316 e. The van der Waals surface area contributed by atoms with Gasteiger partial charge in [-0.05, 0) is 67.4 Å². The smallest absolute Gasteiger partial charge is 0.244 e. The van der Waals surface area contributed by atoms with Crippen molar-refractivity contribution in [2.75, 3.05) is 7.05 Å². The average Bonchev–Trinajstić information content (AvgIpc) is 2.38. The molecule has 1 aliphatic heterocycles. The lowest BCUT2D eigenvalue weighted by Gasteiger charge is -2.37. The van der Waals surface area contributed by atoms with Crippen LogP contribution in [0.15, 0.2) is 27.6 Å². The number of sulfonamides is 1. The second kappa shape index (κ2) is 6.77. The highest BCUT2D eigenvalue weighted by atomic mass is 79.9. The molecule has 1 aliphatic rings. The number of benzene rings is 1. The maximum atomic E-state index is 13.0. The summed E-state index contributed by atoms with van der Waals surface area (Å²) in [5, 5.41) is 3.07. The van der Waals surface area contributed by atoms with Crippen LogP contribution < -0.4 is 5.32 Å². The molecule has 4 nitrogen and oxygen atoms in total. The molecule has 0 amide bonds. The highest BCUT2D eigenvalue weighted by molar-refractivity contribution is 9.10. The van der Waals surface area contributed by atoms with Gasteiger partial charge in [-0.2, -0.15) is 4.31 Å². The molecule has 1 aromatic rings. The third-order valence-corrected chi connectivity index (χ3v) is 7.15. The number of nitrogens with one attached hydrogen (secondary N) is 1. The molecule has 2 rings (SSSR count).